The van der Waals surface area contributed by atoms with E-state index in [0.29, 0.717) is 17.9 Å². The zero-order valence-electron chi connectivity index (χ0n) is 9.53. The van der Waals surface area contributed by atoms with Crippen LogP contribution in [0.3, 0.4) is 0 Å². The van der Waals surface area contributed by atoms with Gasteiger partial charge < -0.3 is 19.6 Å². The first-order valence-electron chi connectivity index (χ1n) is 5.21. The summed E-state index contributed by atoms with van der Waals surface area (Å²) in [5, 5.41) is 12.1. The van der Waals surface area contributed by atoms with Crippen molar-refractivity contribution in [1.29, 1.82) is 0 Å². The smallest absolute Gasteiger partial charge is 0.341 e. The number of esters is 1. The SMILES string of the molecule is CCC(CO)NCc1cc(C(=O)OC)co1. The molecule has 0 saturated carbocycles. The van der Waals surface area contributed by atoms with Crippen molar-refractivity contribution in [2.24, 2.45) is 0 Å². The molecule has 0 aliphatic carbocycles. The van der Waals surface area contributed by atoms with Crippen LogP contribution in [0.2, 0.25) is 0 Å². The fourth-order valence-corrected chi connectivity index (χ4v) is 1.28. The Labute approximate surface area is 94.4 Å². The van der Waals surface area contributed by atoms with Crippen LogP contribution >= 0.6 is 0 Å². The maximum atomic E-state index is 11.1. The van der Waals surface area contributed by atoms with Crippen LogP contribution in [0.5, 0.6) is 0 Å². The van der Waals surface area contributed by atoms with E-state index < -0.39 is 5.97 Å². The normalized spacial score (nSPS) is 12.4. The van der Waals surface area contributed by atoms with E-state index in [1.807, 2.05) is 6.92 Å². The number of furan rings is 1. The van der Waals surface area contributed by atoms with Crippen molar-refractivity contribution < 1.29 is 19.1 Å². The second-order valence-corrected chi connectivity index (χ2v) is 3.46. The standard InChI is InChI=1S/C11H17NO4/c1-3-9(6-13)12-5-10-4-8(7-16-10)11(14)15-2/h4,7,9,12-13H,3,5-6H2,1-2H3. The Morgan fingerprint density at radius 2 is 2.44 bits per heavy atom. The number of aliphatic hydroxyl groups is 1. The minimum absolute atomic E-state index is 0.0478. The van der Waals surface area contributed by atoms with Crippen LogP contribution in [0.1, 0.15) is 29.5 Å². The number of carbonyl (C=O) groups is 1. The van der Waals surface area contributed by atoms with Gasteiger partial charge in [0.15, 0.2) is 0 Å². The summed E-state index contributed by atoms with van der Waals surface area (Å²) in [7, 11) is 1.33. The van der Waals surface area contributed by atoms with Crippen LogP contribution in [-0.2, 0) is 11.3 Å². The number of hydrogen-bond acceptors (Lipinski definition) is 5. The summed E-state index contributed by atoms with van der Waals surface area (Å²) >= 11 is 0. The molecule has 1 aromatic heterocycles. The fourth-order valence-electron chi connectivity index (χ4n) is 1.28. The first-order chi connectivity index (χ1) is 7.71. The molecule has 5 heteroatoms. The maximum Gasteiger partial charge on any atom is 0.341 e. The number of nitrogens with one attached hydrogen (secondary N) is 1. The highest BCUT2D eigenvalue weighted by atomic mass is 16.5. The average Bonchev–Trinajstić information content (AvgIpc) is 2.78. The van der Waals surface area contributed by atoms with E-state index in [2.05, 4.69) is 10.1 Å². The van der Waals surface area contributed by atoms with Crippen molar-refractivity contribution >= 4 is 5.97 Å². The van der Waals surface area contributed by atoms with E-state index >= 15 is 0 Å². The molecule has 0 aliphatic rings. The monoisotopic (exact) mass is 227 g/mol. The third kappa shape index (κ3) is 3.36. The van der Waals surface area contributed by atoms with Crippen molar-refractivity contribution in [2.45, 2.75) is 25.9 Å². The molecule has 0 amide bonds. The molecule has 1 atom stereocenters. The molecule has 1 unspecified atom stereocenters. The summed E-state index contributed by atoms with van der Waals surface area (Å²) < 4.78 is 9.74. The number of ether oxygens (including phenoxy) is 1. The second-order valence-electron chi connectivity index (χ2n) is 3.46. The third-order valence-corrected chi connectivity index (χ3v) is 2.35. The van der Waals surface area contributed by atoms with Gasteiger partial charge in [-0.05, 0) is 12.5 Å². The van der Waals surface area contributed by atoms with E-state index in [1.54, 1.807) is 6.07 Å². The highest BCUT2D eigenvalue weighted by molar-refractivity contribution is 5.88. The van der Waals surface area contributed by atoms with Gasteiger partial charge in [-0.3, -0.25) is 0 Å². The minimum atomic E-state index is -0.413. The predicted molar refractivity (Wildman–Crippen MR) is 58.1 cm³/mol. The van der Waals surface area contributed by atoms with Crippen molar-refractivity contribution in [1.82, 2.24) is 5.32 Å². The van der Waals surface area contributed by atoms with Crippen molar-refractivity contribution in [2.75, 3.05) is 13.7 Å². The van der Waals surface area contributed by atoms with Gasteiger partial charge in [-0.2, -0.15) is 0 Å². The molecule has 1 aromatic rings. The van der Waals surface area contributed by atoms with Gasteiger partial charge in [-0.1, -0.05) is 6.92 Å². The molecule has 0 aliphatic heterocycles. The largest absolute Gasteiger partial charge is 0.467 e. The first kappa shape index (κ1) is 12.7. The molecular weight excluding hydrogens is 210 g/mol. The molecule has 0 fully saturated rings. The summed E-state index contributed by atoms with van der Waals surface area (Å²) in [4.78, 5) is 11.1. The van der Waals surface area contributed by atoms with Gasteiger partial charge in [0.1, 0.15) is 12.0 Å². The van der Waals surface area contributed by atoms with E-state index in [-0.39, 0.29) is 12.6 Å². The molecule has 0 bridgehead atoms. The maximum absolute atomic E-state index is 11.1. The van der Waals surface area contributed by atoms with Gasteiger partial charge in [0, 0.05) is 6.04 Å². The van der Waals surface area contributed by atoms with E-state index in [9.17, 15) is 4.79 Å². The molecule has 1 heterocycles. The Hall–Kier alpha value is -1.33. The molecule has 0 saturated heterocycles. The topological polar surface area (TPSA) is 71.7 Å². The summed E-state index contributed by atoms with van der Waals surface area (Å²) in [6.07, 6.45) is 2.20. The Kier molecular flexibility index (Phi) is 5.01. The van der Waals surface area contributed by atoms with Crippen LogP contribution in [-0.4, -0.2) is 30.8 Å². The third-order valence-electron chi connectivity index (χ3n) is 2.35. The van der Waals surface area contributed by atoms with E-state index in [1.165, 1.54) is 13.4 Å². The Morgan fingerprint density at radius 1 is 1.69 bits per heavy atom. The van der Waals surface area contributed by atoms with Crippen LogP contribution < -0.4 is 5.32 Å². The van der Waals surface area contributed by atoms with E-state index in [4.69, 9.17) is 9.52 Å². The van der Waals surface area contributed by atoms with Crippen LogP contribution in [0, 0.1) is 0 Å². The molecule has 1 rings (SSSR count). The van der Waals surface area contributed by atoms with Crippen LogP contribution in [0.25, 0.3) is 0 Å². The number of aliphatic hydroxyl groups excluding tert-OH is 1. The highest BCUT2D eigenvalue weighted by Gasteiger charge is 2.11. The lowest BCUT2D eigenvalue weighted by Crippen LogP contribution is -2.30. The van der Waals surface area contributed by atoms with Crippen LogP contribution in [0.4, 0.5) is 0 Å². The van der Waals surface area contributed by atoms with Gasteiger partial charge in [0.25, 0.3) is 0 Å². The number of hydrogen-bond donors (Lipinski definition) is 2. The Bertz CT molecular complexity index is 330. The zero-order valence-corrected chi connectivity index (χ0v) is 9.53. The molecule has 2 N–H and O–H groups in total. The summed E-state index contributed by atoms with van der Waals surface area (Å²) in [5.74, 6) is 0.233. The molecule has 0 radical (unpaired) electrons. The molecule has 16 heavy (non-hydrogen) atoms. The van der Waals surface area contributed by atoms with Gasteiger partial charge in [0.2, 0.25) is 0 Å². The molecule has 90 valence electrons. The van der Waals surface area contributed by atoms with Gasteiger partial charge in [-0.25, -0.2) is 4.79 Å². The van der Waals surface area contributed by atoms with Gasteiger partial charge in [-0.15, -0.1) is 0 Å². The first-order valence-corrected chi connectivity index (χ1v) is 5.21. The van der Waals surface area contributed by atoms with Crippen molar-refractivity contribution in [3.63, 3.8) is 0 Å². The summed E-state index contributed by atoms with van der Waals surface area (Å²) in [6.45, 7) is 2.55. The number of carbonyl (C=O) groups excluding carboxylic acids is 1. The Morgan fingerprint density at radius 3 is 3.00 bits per heavy atom. The lowest BCUT2D eigenvalue weighted by atomic mass is 10.2. The minimum Gasteiger partial charge on any atom is -0.467 e. The Balaban J connectivity index is 2.49. The van der Waals surface area contributed by atoms with Gasteiger partial charge >= 0.3 is 5.97 Å². The molecular formula is C11H17NO4. The number of methoxy groups -OCH3 is 1. The van der Waals surface area contributed by atoms with Crippen molar-refractivity contribution in [3.8, 4) is 0 Å². The lowest BCUT2D eigenvalue weighted by molar-refractivity contribution is 0.0600. The quantitative estimate of drug-likeness (QED) is 0.707. The molecule has 0 spiro atoms. The van der Waals surface area contributed by atoms with Gasteiger partial charge in [0.05, 0.1) is 25.8 Å². The van der Waals surface area contributed by atoms with Crippen molar-refractivity contribution in [3.05, 3.63) is 23.7 Å². The fraction of sp³-hybridized carbons (Fsp3) is 0.545. The molecule has 0 aromatic carbocycles. The summed E-state index contributed by atoms with van der Waals surface area (Å²) in [6, 6.07) is 1.68. The second kappa shape index (κ2) is 6.30. The predicted octanol–water partition coefficient (Wildman–Crippen LogP) is 0.927. The summed E-state index contributed by atoms with van der Waals surface area (Å²) in [5.41, 5.74) is 0.399. The molecule has 5 nitrogen and oxygen atoms in total. The zero-order chi connectivity index (χ0) is 12.0. The highest BCUT2D eigenvalue weighted by Crippen LogP contribution is 2.09. The number of rotatable bonds is 6. The average molecular weight is 227 g/mol. The van der Waals surface area contributed by atoms with Crippen LogP contribution in [0.15, 0.2) is 16.7 Å². The van der Waals surface area contributed by atoms with E-state index in [0.717, 1.165) is 6.42 Å². The lowest BCUT2D eigenvalue weighted by Gasteiger charge is -2.11.